The first-order chi connectivity index (χ1) is 9.06. The molecule has 3 N–H and O–H groups in total. The zero-order chi connectivity index (χ0) is 13.8. The van der Waals surface area contributed by atoms with Crippen molar-refractivity contribution in [3.63, 3.8) is 0 Å². The van der Waals surface area contributed by atoms with Gasteiger partial charge in [-0.3, -0.25) is 14.9 Å². The van der Waals surface area contributed by atoms with Gasteiger partial charge in [-0.05, 0) is 18.6 Å². The van der Waals surface area contributed by atoms with Gasteiger partial charge in [-0.25, -0.2) is 9.18 Å². The first-order valence-electron chi connectivity index (χ1n) is 5.72. The predicted molar refractivity (Wildman–Crippen MR) is 64.7 cm³/mol. The minimum atomic E-state index is -0.709. The first-order valence-corrected chi connectivity index (χ1v) is 5.72. The third-order valence-electron chi connectivity index (χ3n) is 2.67. The molecule has 0 spiro atoms. The number of urea groups is 1. The number of rotatable bonds is 4. The minimum Gasteiger partial charge on any atom is -0.326 e. The smallest absolute Gasteiger partial charge is 0.322 e. The van der Waals surface area contributed by atoms with Crippen molar-refractivity contribution >= 4 is 23.5 Å². The summed E-state index contributed by atoms with van der Waals surface area (Å²) in [5.41, 5.74) is 0.0902. The molecule has 7 heteroatoms. The summed E-state index contributed by atoms with van der Waals surface area (Å²) in [6.45, 7) is 0. The van der Waals surface area contributed by atoms with Gasteiger partial charge in [0.1, 0.15) is 11.9 Å². The van der Waals surface area contributed by atoms with Crippen LogP contribution < -0.4 is 16.0 Å². The molecule has 1 unspecified atom stereocenters. The number of para-hydroxylation sites is 1. The number of nitrogens with one attached hydrogen (secondary N) is 3. The van der Waals surface area contributed by atoms with Gasteiger partial charge < -0.3 is 10.6 Å². The molecule has 0 aromatic heterocycles. The molecule has 1 aliphatic heterocycles. The molecule has 1 aromatic rings. The van der Waals surface area contributed by atoms with Crippen molar-refractivity contribution in [1.82, 2.24) is 10.6 Å². The van der Waals surface area contributed by atoms with Crippen molar-refractivity contribution in [2.45, 2.75) is 18.9 Å². The fourth-order valence-corrected chi connectivity index (χ4v) is 1.71. The van der Waals surface area contributed by atoms with E-state index in [4.69, 9.17) is 0 Å². The number of imide groups is 1. The van der Waals surface area contributed by atoms with E-state index in [9.17, 15) is 18.8 Å². The maximum Gasteiger partial charge on any atom is 0.322 e. The van der Waals surface area contributed by atoms with Crippen LogP contribution in [-0.4, -0.2) is 23.9 Å². The number of carbonyl (C=O) groups excluding carboxylic acids is 3. The molecule has 0 saturated carbocycles. The summed E-state index contributed by atoms with van der Waals surface area (Å²) in [4.78, 5) is 33.7. The average Bonchev–Trinajstić information content (AvgIpc) is 2.68. The molecule has 1 atom stereocenters. The molecular weight excluding hydrogens is 253 g/mol. The van der Waals surface area contributed by atoms with Crippen molar-refractivity contribution in [2.75, 3.05) is 5.32 Å². The van der Waals surface area contributed by atoms with E-state index in [0.29, 0.717) is 0 Å². The molecule has 6 nitrogen and oxygen atoms in total. The lowest BCUT2D eigenvalue weighted by Gasteiger charge is -2.08. The molecule has 0 aliphatic carbocycles. The van der Waals surface area contributed by atoms with Crippen LogP contribution >= 0.6 is 0 Å². The number of halogens is 1. The van der Waals surface area contributed by atoms with E-state index < -0.39 is 29.7 Å². The van der Waals surface area contributed by atoms with Crippen LogP contribution in [0.2, 0.25) is 0 Å². The third-order valence-corrected chi connectivity index (χ3v) is 2.67. The largest absolute Gasteiger partial charge is 0.326 e. The van der Waals surface area contributed by atoms with Crippen molar-refractivity contribution < 1.29 is 18.8 Å². The Bertz CT molecular complexity index is 533. The Balaban J connectivity index is 1.84. The summed E-state index contributed by atoms with van der Waals surface area (Å²) in [7, 11) is 0. The quantitative estimate of drug-likeness (QED) is 0.702. The zero-order valence-electron chi connectivity index (χ0n) is 9.90. The topological polar surface area (TPSA) is 87.3 Å². The molecule has 19 heavy (non-hydrogen) atoms. The van der Waals surface area contributed by atoms with Crippen LogP contribution in [0.15, 0.2) is 24.3 Å². The molecule has 1 fully saturated rings. The summed E-state index contributed by atoms with van der Waals surface area (Å²) >= 11 is 0. The summed E-state index contributed by atoms with van der Waals surface area (Å²) in [6.07, 6.45) is 0.171. The van der Waals surface area contributed by atoms with Gasteiger partial charge >= 0.3 is 6.03 Å². The highest BCUT2D eigenvalue weighted by Gasteiger charge is 2.29. The van der Waals surface area contributed by atoms with Gasteiger partial charge in [-0.15, -0.1) is 0 Å². The van der Waals surface area contributed by atoms with E-state index in [2.05, 4.69) is 16.0 Å². The number of amides is 4. The second-order valence-corrected chi connectivity index (χ2v) is 4.08. The third kappa shape index (κ3) is 3.27. The predicted octanol–water partition coefficient (Wildman–Crippen LogP) is 0.752. The lowest BCUT2D eigenvalue weighted by atomic mass is 10.1. The van der Waals surface area contributed by atoms with Crippen molar-refractivity contribution in [1.29, 1.82) is 0 Å². The van der Waals surface area contributed by atoms with E-state index in [-0.39, 0.29) is 18.5 Å². The maximum absolute atomic E-state index is 13.3. The molecule has 2 rings (SSSR count). The molecule has 1 saturated heterocycles. The van der Waals surface area contributed by atoms with Crippen LogP contribution in [0.5, 0.6) is 0 Å². The van der Waals surface area contributed by atoms with Gasteiger partial charge in [-0.1, -0.05) is 12.1 Å². The molecule has 0 bridgehead atoms. The molecule has 1 aromatic carbocycles. The lowest BCUT2D eigenvalue weighted by molar-refractivity contribution is -0.120. The second kappa shape index (κ2) is 5.47. The molecular formula is C12H12FN3O3. The summed E-state index contributed by atoms with van der Waals surface area (Å²) in [5.74, 6) is -1.40. The average molecular weight is 265 g/mol. The van der Waals surface area contributed by atoms with Crippen molar-refractivity contribution in [2.24, 2.45) is 0 Å². The Hall–Kier alpha value is -2.44. The zero-order valence-corrected chi connectivity index (χ0v) is 9.90. The summed E-state index contributed by atoms with van der Waals surface area (Å²) in [5, 5.41) is 6.85. The van der Waals surface area contributed by atoms with Gasteiger partial charge in [0.15, 0.2) is 0 Å². The first kappa shape index (κ1) is 13.0. The monoisotopic (exact) mass is 265 g/mol. The standard InChI is InChI=1S/C12H12FN3O3/c13-7-3-1-2-4-8(7)14-10(17)6-5-9-11(18)16-12(19)15-9/h1-4,9H,5-6H2,(H,14,17)(H2,15,16,18,19). The van der Waals surface area contributed by atoms with E-state index in [0.717, 1.165) is 0 Å². The number of hydrogen-bond acceptors (Lipinski definition) is 3. The molecule has 0 radical (unpaired) electrons. The van der Waals surface area contributed by atoms with Gasteiger partial charge in [0.2, 0.25) is 5.91 Å². The van der Waals surface area contributed by atoms with E-state index in [1.807, 2.05) is 0 Å². The molecule has 1 aliphatic rings. The Labute approximate surface area is 108 Å². The van der Waals surface area contributed by atoms with Crippen LogP contribution in [-0.2, 0) is 9.59 Å². The van der Waals surface area contributed by atoms with Gasteiger partial charge in [0.25, 0.3) is 5.91 Å². The van der Waals surface area contributed by atoms with Crippen LogP contribution in [0, 0.1) is 5.82 Å². The Kier molecular flexibility index (Phi) is 3.74. The lowest BCUT2D eigenvalue weighted by Crippen LogP contribution is -2.30. The highest BCUT2D eigenvalue weighted by molar-refractivity contribution is 6.04. The molecule has 100 valence electrons. The number of hydrogen-bond donors (Lipinski definition) is 3. The van der Waals surface area contributed by atoms with Crippen molar-refractivity contribution in [3.05, 3.63) is 30.1 Å². The number of benzene rings is 1. The fourth-order valence-electron chi connectivity index (χ4n) is 1.71. The fraction of sp³-hybridized carbons (Fsp3) is 0.250. The van der Waals surface area contributed by atoms with Gasteiger partial charge in [0, 0.05) is 6.42 Å². The van der Waals surface area contributed by atoms with E-state index in [1.165, 1.54) is 18.2 Å². The number of anilines is 1. The summed E-state index contributed by atoms with van der Waals surface area (Å²) in [6, 6.07) is 4.52. The Morgan fingerprint density at radius 3 is 2.68 bits per heavy atom. The second-order valence-electron chi connectivity index (χ2n) is 4.08. The Morgan fingerprint density at radius 2 is 2.05 bits per heavy atom. The minimum absolute atomic E-state index is 0.00665. The van der Waals surface area contributed by atoms with E-state index >= 15 is 0 Å². The van der Waals surface area contributed by atoms with Crippen LogP contribution in [0.4, 0.5) is 14.9 Å². The van der Waals surface area contributed by atoms with Crippen LogP contribution in [0.3, 0.4) is 0 Å². The highest BCUT2D eigenvalue weighted by Crippen LogP contribution is 2.13. The Morgan fingerprint density at radius 1 is 1.32 bits per heavy atom. The van der Waals surface area contributed by atoms with E-state index in [1.54, 1.807) is 6.07 Å². The van der Waals surface area contributed by atoms with Crippen molar-refractivity contribution in [3.8, 4) is 0 Å². The highest BCUT2D eigenvalue weighted by atomic mass is 19.1. The maximum atomic E-state index is 13.3. The molecule has 4 amide bonds. The molecule has 1 heterocycles. The summed E-state index contributed by atoms with van der Waals surface area (Å²) < 4.78 is 13.3. The van der Waals surface area contributed by atoms with Crippen LogP contribution in [0.25, 0.3) is 0 Å². The van der Waals surface area contributed by atoms with Crippen LogP contribution in [0.1, 0.15) is 12.8 Å². The van der Waals surface area contributed by atoms with Gasteiger partial charge in [-0.2, -0.15) is 0 Å². The number of carbonyl (C=O) groups is 3. The SMILES string of the molecule is O=C(CCC1NC(=O)NC1=O)Nc1ccccc1F. The normalized spacial score (nSPS) is 17.8. The van der Waals surface area contributed by atoms with Gasteiger partial charge in [0.05, 0.1) is 5.69 Å².